The molecule has 1 aromatic heterocycles. The predicted molar refractivity (Wildman–Crippen MR) is 134 cm³/mol. The molecule has 10 heteroatoms. The maximum atomic E-state index is 12.7. The Hall–Kier alpha value is -2.30. The Kier molecular flexibility index (Phi) is 7.45. The van der Waals surface area contributed by atoms with Gasteiger partial charge >= 0.3 is 0 Å². The number of methoxy groups -OCH3 is 1. The highest BCUT2D eigenvalue weighted by Gasteiger charge is 2.24. The Morgan fingerprint density at radius 2 is 1.85 bits per heavy atom. The second-order valence-electron chi connectivity index (χ2n) is 7.77. The minimum Gasteiger partial charge on any atom is -0.497 e. The Balaban J connectivity index is 1.28. The first-order valence-electron chi connectivity index (χ1n) is 10.7. The van der Waals surface area contributed by atoms with Crippen LogP contribution in [0.2, 0.25) is 0 Å². The van der Waals surface area contributed by atoms with E-state index in [1.807, 2.05) is 4.90 Å². The molecule has 1 aliphatic heterocycles. The number of thioether (sulfide) groups is 1. The van der Waals surface area contributed by atoms with Crippen LogP contribution in [0.5, 0.6) is 5.75 Å². The van der Waals surface area contributed by atoms with Crippen molar-refractivity contribution in [3.63, 3.8) is 0 Å². The normalized spacial score (nSPS) is 14.6. The Morgan fingerprint density at radius 3 is 2.52 bits per heavy atom. The van der Waals surface area contributed by atoms with E-state index in [0.717, 1.165) is 23.7 Å². The molecule has 4 rings (SSSR count). The number of hydrogen-bond acceptors (Lipinski definition) is 8. The summed E-state index contributed by atoms with van der Waals surface area (Å²) in [5, 5.41) is 0.990. The monoisotopic (exact) mass is 505 g/mol. The van der Waals surface area contributed by atoms with Gasteiger partial charge in [-0.3, -0.25) is 4.79 Å². The number of amides is 1. The van der Waals surface area contributed by atoms with Crippen LogP contribution in [0.1, 0.15) is 12.8 Å². The fraction of sp³-hybridized carbons (Fsp3) is 0.391. The number of sulfone groups is 1. The number of anilines is 1. The van der Waals surface area contributed by atoms with Crippen molar-refractivity contribution in [2.24, 2.45) is 0 Å². The minimum absolute atomic E-state index is 0.00792. The second-order valence-corrected chi connectivity index (χ2v) is 11.7. The number of nitrogens with zero attached hydrogens (tertiary/aromatic N) is 3. The van der Waals surface area contributed by atoms with Gasteiger partial charge < -0.3 is 14.5 Å². The van der Waals surface area contributed by atoms with E-state index in [1.165, 1.54) is 16.7 Å². The van der Waals surface area contributed by atoms with Crippen molar-refractivity contribution in [1.82, 2.24) is 9.88 Å². The van der Waals surface area contributed by atoms with Crippen molar-refractivity contribution in [2.45, 2.75) is 22.6 Å². The lowest BCUT2D eigenvalue weighted by atomic mass is 10.2. The van der Waals surface area contributed by atoms with Crippen molar-refractivity contribution >= 4 is 54.2 Å². The SMILES string of the molecule is COc1ccc(S(=O)(=O)CCCC(=O)N2CCN(c3nc4c(SC)cccc4s3)CC2)cc1. The fourth-order valence-electron chi connectivity index (χ4n) is 3.83. The third kappa shape index (κ3) is 5.44. The molecule has 0 radical (unpaired) electrons. The predicted octanol–water partition coefficient (Wildman–Crippen LogP) is 3.93. The highest BCUT2D eigenvalue weighted by Crippen LogP contribution is 2.34. The number of carbonyl (C=O) groups excluding carboxylic acids is 1. The van der Waals surface area contributed by atoms with E-state index in [2.05, 4.69) is 29.4 Å². The number of carbonyl (C=O) groups is 1. The molecule has 1 amide bonds. The molecule has 33 heavy (non-hydrogen) atoms. The zero-order valence-electron chi connectivity index (χ0n) is 18.7. The number of piperazine rings is 1. The molecule has 3 aromatic rings. The zero-order chi connectivity index (χ0) is 23.4. The largest absolute Gasteiger partial charge is 0.497 e. The van der Waals surface area contributed by atoms with Gasteiger partial charge in [0, 0.05) is 37.5 Å². The summed E-state index contributed by atoms with van der Waals surface area (Å²) >= 11 is 3.38. The summed E-state index contributed by atoms with van der Waals surface area (Å²) < 4.78 is 31.3. The van der Waals surface area contributed by atoms with Gasteiger partial charge in [-0.05, 0) is 49.1 Å². The average molecular weight is 506 g/mol. The first-order chi connectivity index (χ1) is 15.9. The zero-order valence-corrected chi connectivity index (χ0v) is 21.1. The number of thiazole rings is 1. The summed E-state index contributed by atoms with van der Waals surface area (Å²) in [6, 6.07) is 12.6. The number of benzene rings is 2. The second kappa shape index (κ2) is 10.3. The molecule has 0 spiro atoms. The highest BCUT2D eigenvalue weighted by molar-refractivity contribution is 7.98. The van der Waals surface area contributed by atoms with Crippen LogP contribution in [0.4, 0.5) is 5.13 Å². The minimum atomic E-state index is -3.42. The molecule has 0 aliphatic carbocycles. The van der Waals surface area contributed by atoms with E-state index >= 15 is 0 Å². The molecule has 1 saturated heterocycles. The molecule has 0 unspecified atom stereocenters. The molecule has 0 bridgehead atoms. The van der Waals surface area contributed by atoms with E-state index in [0.29, 0.717) is 25.3 Å². The maximum Gasteiger partial charge on any atom is 0.222 e. The third-order valence-electron chi connectivity index (χ3n) is 5.72. The van der Waals surface area contributed by atoms with Gasteiger partial charge in [-0.1, -0.05) is 17.4 Å². The van der Waals surface area contributed by atoms with Gasteiger partial charge in [-0.2, -0.15) is 0 Å². The van der Waals surface area contributed by atoms with Gasteiger partial charge in [0.15, 0.2) is 15.0 Å². The number of aromatic nitrogens is 1. The average Bonchev–Trinajstić information content (AvgIpc) is 3.28. The topological polar surface area (TPSA) is 79.8 Å². The lowest BCUT2D eigenvalue weighted by Crippen LogP contribution is -2.48. The van der Waals surface area contributed by atoms with Gasteiger partial charge in [0.2, 0.25) is 5.91 Å². The standard InChI is InChI=1S/C23H27N3O4S3/c1-30-17-8-10-18(11-9-17)33(28,29)16-4-7-21(27)25-12-14-26(15-13-25)23-24-22-19(31-2)5-3-6-20(22)32-23/h3,5-6,8-11H,4,7,12-16H2,1-2H3. The van der Waals surface area contributed by atoms with Crippen molar-refractivity contribution in [1.29, 1.82) is 0 Å². The van der Waals surface area contributed by atoms with Crippen LogP contribution in [0.15, 0.2) is 52.3 Å². The van der Waals surface area contributed by atoms with Crippen molar-refractivity contribution in [3.8, 4) is 5.75 Å². The molecular formula is C23H27N3O4S3. The van der Waals surface area contributed by atoms with Crippen LogP contribution >= 0.6 is 23.1 Å². The first-order valence-corrected chi connectivity index (χ1v) is 14.4. The lowest BCUT2D eigenvalue weighted by Gasteiger charge is -2.34. The van der Waals surface area contributed by atoms with Crippen LogP contribution in [0.3, 0.4) is 0 Å². The summed E-state index contributed by atoms with van der Waals surface area (Å²) in [6.07, 6.45) is 2.59. The number of hydrogen-bond donors (Lipinski definition) is 0. The Bertz CT molecular complexity index is 1220. The third-order valence-corrected chi connectivity index (χ3v) is 9.38. The summed E-state index contributed by atoms with van der Waals surface area (Å²) in [4.78, 5) is 23.0. The maximum absolute atomic E-state index is 12.7. The molecule has 0 atom stereocenters. The summed E-state index contributed by atoms with van der Waals surface area (Å²) in [5.74, 6) is 0.571. The van der Waals surface area contributed by atoms with Crippen LogP contribution in [0, 0.1) is 0 Å². The number of para-hydroxylation sites is 1. The van der Waals surface area contributed by atoms with Crippen LogP contribution in [0.25, 0.3) is 10.2 Å². The molecule has 2 heterocycles. The summed E-state index contributed by atoms with van der Waals surface area (Å²) in [5.41, 5.74) is 1.04. The van der Waals surface area contributed by atoms with Crippen LogP contribution in [-0.2, 0) is 14.6 Å². The van der Waals surface area contributed by atoms with E-state index in [4.69, 9.17) is 9.72 Å². The van der Waals surface area contributed by atoms with Crippen molar-refractivity contribution in [3.05, 3.63) is 42.5 Å². The molecule has 2 aromatic carbocycles. The highest BCUT2D eigenvalue weighted by atomic mass is 32.2. The smallest absolute Gasteiger partial charge is 0.222 e. The van der Waals surface area contributed by atoms with Gasteiger partial charge in [0.25, 0.3) is 0 Å². The molecule has 0 saturated carbocycles. The van der Waals surface area contributed by atoms with E-state index in [9.17, 15) is 13.2 Å². The number of fused-ring (bicyclic) bond motifs is 1. The molecule has 7 nitrogen and oxygen atoms in total. The van der Waals surface area contributed by atoms with Crippen molar-refractivity contribution in [2.75, 3.05) is 50.2 Å². The summed E-state index contributed by atoms with van der Waals surface area (Å²) in [7, 11) is -1.88. The molecule has 1 fully saturated rings. The van der Waals surface area contributed by atoms with Gasteiger partial charge in [-0.15, -0.1) is 11.8 Å². The molecule has 176 valence electrons. The van der Waals surface area contributed by atoms with Crippen molar-refractivity contribution < 1.29 is 17.9 Å². The number of rotatable bonds is 8. The van der Waals surface area contributed by atoms with Crippen LogP contribution < -0.4 is 9.64 Å². The Labute approximate surface area is 202 Å². The molecule has 0 N–H and O–H groups in total. The number of ether oxygens (including phenoxy) is 1. The molecular weight excluding hydrogens is 478 g/mol. The van der Waals surface area contributed by atoms with E-state index < -0.39 is 9.84 Å². The summed E-state index contributed by atoms with van der Waals surface area (Å²) in [6.45, 7) is 2.69. The Morgan fingerprint density at radius 1 is 1.12 bits per heavy atom. The van der Waals surface area contributed by atoms with Crippen LogP contribution in [-0.4, -0.2) is 69.5 Å². The van der Waals surface area contributed by atoms with E-state index in [-0.39, 0.29) is 23.0 Å². The van der Waals surface area contributed by atoms with E-state index in [1.54, 1.807) is 47.4 Å². The van der Waals surface area contributed by atoms with Gasteiger partial charge in [-0.25, -0.2) is 13.4 Å². The first kappa shape index (κ1) is 23.8. The van der Waals surface area contributed by atoms with Gasteiger partial charge in [0.05, 0.1) is 28.0 Å². The fourth-order valence-corrected chi connectivity index (χ4v) is 6.81. The lowest BCUT2D eigenvalue weighted by molar-refractivity contribution is -0.131. The molecule has 1 aliphatic rings. The van der Waals surface area contributed by atoms with Gasteiger partial charge in [0.1, 0.15) is 5.75 Å². The quantitative estimate of drug-likeness (QED) is 0.429.